The number of nitrogens with zero attached hydrogens (tertiary/aromatic N) is 1. The van der Waals surface area contributed by atoms with E-state index in [-0.39, 0.29) is 22.2 Å². The molecule has 1 aromatic rings. The third-order valence-electron chi connectivity index (χ3n) is 2.49. The molecule has 0 heterocycles. The third kappa shape index (κ3) is 5.56. The van der Waals surface area contributed by atoms with Crippen molar-refractivity contribution >= 4 is 27.3 Å². The van der Waals surface area contributed by atoms with Crippen LogP contribution in [-0.2, 0) is 14.8 Å². The first-order valence-electron chi connectivity index (χ1n) is 6.01. The molecule has 0 saturated heterocycles. The van der Waals surface area contributed by atoms with Gasteiger partial charge in [-0.2, -0.15) is 0 Å². The molecule has 0 aliphatic rings. The Morgan fingerprint density at radius 2 is 2.05 bits per heavy atom. The van der Waals surface area contributed by atoms with E-state index in [1.54, 1.807) is 7.11 Å². The maximum Gasteiger partial charge on any atom is 0.270 e. The molecule has 0 fully saturated rings. The van der Waals surface area contributed by atoms with E-state index in [9.17, 15) is 18.5 Å². The highest BCUT2D eigenvalue weighted by molar-refractivity contribution is 7.89. The molecule has 1 rings (SSSR count). The van der Waals surface area contributed by atoms with E-state index in [2.05, 4.69) is 10.0 Å². The second-order valence-electron chi connectivity index (χ2n) is 4.01. The molecule has 1 aromatic carbocycles. The minimum atomic E-state index is -3.90. The van der Waals surface area contributed by atoms with E-state index in [1.165, 1.54) is 6.07 Å². The third-order valence-corrected chi connectivity index (χ3v) is 4.43. The summed E-state index contributed by atoms with van der Waals surface area (Å²) in [4.78, 5) is 9.69. The van der Waals surface area contributed by atoms with Crippen molar-refractivity contribution in [3.63, 3.8) is 0 Å². The largest absolute Gasteiger partial charge is 0.383 e. The SMILES string of the molecule is COCCNCCNS(=O)(=O)c1cc([N+](=O)[O-])ccc1Cl. The second kappa shape index (κ2) is 8.25. The minimum absolute atomic E-state index is 0.0690. The molecule has 2 N–H and O–H groups in total. The lowest BCUT2D eigenvalue weighted by Crippen LogP contribution is -2.33. The van der Waals surface area contributed by atoms with Crippen molar-refractivity contribution in [2.24, 2.45) is 0 Å². The normalized spacial score (nSPS) is 11.5. The Balaban J connectivity index is 2.70. The molecule has 0 radical (unpaired) electrons. The average molecular weight is 338 g/mol. The van der Waals surface area contributed by atoms with Gasteiger partial charge < -0.3 is 10.1 Å². The van der Waals surface area contributed by atoms with Crippen molar-refractivity contribution in [3.8, 4) is 0 Å². The summed E-state index contributed by atoms with van der Waals surface area (Å²) in [5.74, 6) is 0. The number of non-ortho nitro benzene ring substituents is 1. The van der Waals surface area contributed by atoms with Gasteiger partial charge in [0.05, 0.1) is 16.6 Å². The Bertz CT molecular complexity index is 594. The summed E-state index contributed by atoms with van der Waals surface area (Å²) in [5.41, 5.74) is -0.335. The quantitative estimate of drug-likeness (QED) is 0.391. The van der Waals surface area contributed by atoms with Gasteiger partial charge in [0.25, 0.3) is 5.69 Å². The molecule has 21 heavy (non-hydrogen) atoms. The number of ether oxygens (including phenoxy) is 1. The zero-order chi connectivity index (χ0) is 15.9. The van der Waals surface area contributed by atoms with Crippen molar-refractivity contribution in [2.75, 3.05) is 33.4 Å². The van der Waals surface area contributed by atoms with Crippen LogP contribution in [-0.4, -0.2) is 46.7 Å². The van der Waals surface area contributed by atoms with Crippen molar-refractivity contribution in [2.45, 2.75) is 4.90 Å². The highest BCUT2D eigenvalue weighted by Gasteiger charge is 2.20. The summed E-state index contributed by atoms with van der Waals surface area (Å²) in [6.45, 7) is 1.64. The number of hydrogen-bond donors (Lipinski definition) is 2. The Kier molecular flexibility index (Phi) is 6.99. The highest BCUT2D eigenvalue weighted by atomic mass is 35.5. The van der Waals surface area contributed by atoms with Gasteiger partial charge in [0.1, 0.15) is 4.90 Å². The van der Waals surface area contributed by atoms with E-state index < -0.39 is 14.9 Å². The van der Waals surface area contributed by atoms with Crippen LogP contribution in [0.3, 0.4) is 0 Å². The molecular formula is C11H16ClN3O5S. The zero-order valence-corrected chi connectivity index (χ0v) is 12.9. The fraction of sp³-hybridized carbons (Fsp3) is 0.455. The van der Waals surface area contributed by atoms with Crippen LogP contribution in [0.25, 0.3) is 0 Å². The maximum atomic E-state index is 12.0. The number of halogens is 1. The van der Waals surface area contributed by atoms with Gasteiger partial charge in [0.15, 0.2) is 0 Å². The molecule has 0 saturated carbocycles. The molecule has 0 unspecified atom stereocenters. The number of methoxy groups -OCH3 is 1. The van der Waals surface area contributed by atoms with E-state index in [0.29, 0.717) is 19.7 Å². The number of nitrogens with one attached hydrogen (secondary N) is 2. The molecule has 0 aliphatic carbocycles. The number of benzene rings is 1. The number of nitro groups is 1. The molecule has 0 amide bonds. The van der Waals surface area contributed by atoms with Crippen LogP contribution >= 0.6 is 11.6 Å². The summed E-state index contributed by atoms with van der Waals surface area (Å²) in [6, 6.07) is 3.27. The van der Waals surface area contributed by atoms with E-state index in [0.717, 1.165) is 12.1 Å². The van der Waals surface area contributed by atoms with Crippen LogP contribution in [0.4, 0.5) is 5.69 Å². The maximum absolute atomic E-state index is 12.0. The van der Waals surface area contributed by atoms with Gasteiger partial charge in [-0.15, -0.1) is 0 Å². The van der Waals surface area contributed by atoms with Crippen molar-refractivity contribution < 1.29 is 18.1 Å². The standard InChI is InChI=1S/C11H16ClN3O5S/c1-20-7-6-13-4-5-14-21(18,19)11-8-9(15(16)17)2-3-10(11)12/h2-3,8,13-14H,4-7H2,1H3. The molecule has 8 nitrogen and oxygen atoms in total. The van der Waals surface area contributed by atoms with Crippen LogP contribution in [0, 0.1) is 10.1 Å². The molecule has 0 bridgehead atoms. The first-order chi connectivity index (χ1) is 9.88. The van der Waals surface area contributed by atoms with E-state index in [4.69, 9.17) is 16.3 Å². The van der Waals surface area contributed by atoms with Gasteiger partial charge in [0.2, 0.25) is 10.0 Å². The molecule has 0 aromatic heterocycles. The monoisotopic (exact) mass is 337 g/mol. The van der Waals surface area contributed by atoms with Gasteiger partial charge in [-0.3, -0.25) is 10.1 Å². The van der Waals surface area contributed by atoms with Crippen molar-refractivity contribution in [3.05, 3.63) is 33.3 Å². The molecule has 118 valence electrons. The predicted molar refractivity (Wildman–Crippen MR) is 78.0 cm³/mol. The van der Waals surface area contributed by atoms with E-state index >= 15 is 0 Å². The highest BCUT2D eigenvalue weighted by Crippen LogP contribution is 2.25. The van der Waals surface area contributed by atoms with Gasteiger partial charge in [-0.05, 0) is 6.07 Å². The molecular weight excluding hydrogens is 322 g/mol. The van der Waals surface area contributed by atoms with Crippen LogP contribution in [0.1, 0.15) is 0 Å². The van der Waals surface area contributed by atoms with Gasteiger partial charge in [0, 0.05) is 38.9 Å². The van der Waals surface area contributed by atoms with Crippen LogP contribution in [0.2, 0.25) is 5.02 Å². The molecule has 10 heteroatoms. The topological polar surface area (TPSA) is 111 Å². The zero-order valence-electron chi connectivity index (χ0n) is 11.3. The summed E-state index contributed by atoms with van der Waals surface area (Å²) >= 11 is 5.79. The number of nitro benzene ring substituents is 1. The lowest BCUT2D eigenvalue weighted by molar-refractivity contribution is -0.385. The first-order valence-corrected chi connectivity index (χ1v) is 7.88. The summed E-state index contributed by atoms with van der Waals surface area (Å²) < 4.78 is 31.2. The number of rotatable bonds is 9. The minimum Gasteiger partial charge on any atom is -0.383 e. The first kappa shape index (κ1) is 17.8. The summed E-state index contributed by atoms with van der Waals surface area (Å²) in [5, 5.41) is 13.6. The Morgan fingerprint density at radius 3 is 2.67 bits per heavy atom. The lowest BCUT2D eigenvalue weighted by atomic mass is 10.3. The van der Waals surface area contributed by atoms with Gasteiger partial charge in [-0.25, -0.2) is 13.1 Å². The van der Waals surface area contributed by atoms with E-state index in [1.807, 2.05) is 0 Å². The Labute approximate surface area is 127 Å². The molecule has 0 atom stereocenters. The van der Waals surface area contributed by atoms with Crippen molar-refractivity contribution in [1.29, 1.82) is 0 Å². The summed E-state index contributed by atoms with van der Waals surface area (Å²) in [6.07, 6.45) is 0. The van der Waals surface area contributed by atoms with Crippen molar-refractivity contribution in [1.82, 2.24) is 10.0 Å². The Hall–Kier alpha value is -1.26. The molecule has 0 aliphatic heterocycles. The van der Waals surface area contributed by atoms with Gasteiger partial charge >= 0.3 is 0 Å². The van der Waals surface area contributed by atoms with Crippen LogP contribution < -0.4 is 10.0 Å². The fourth-order valence-corrected chi connectivity index (χ4v) is 3.01. The average Bonchev–Trinajstić information content (AvgIpc) is 2.42. The van der Waals surface area contributed by atoms with Gasteiger partial charge in [-0.1, -0.05) is 11.6 Å². The predicted octanol–water partition coefficient (Wildman–Crippen LogP) is 0.763. The number of sulfonamides is 1. The smallest absolute Gasteiger partial charge is 0.270 e. The van der Waals surface area contributed by atoms with Crippen LogP contribution in [0.5, 0.6) is 0 Å². The number of hydrogen-bond acceptors (Lipinski definition) is 6. The fourth-order valence-electron chi connectivity index (χ4n) is 1.46. The molecule has 0 spiro atoms. The summed E-state index contributed by atoms with van der Waals surface area (Å²) in [7, 11) is -2.33. The Morgan fingerprint density at radius 1 is 1.33 bits per heavy atom. The lowest BCUT2D eigenvalue weighted by Gasteiger charge is -2.09. The van der Waals surface area contributed by atoms with Crippen LogP contribution in [0.15, 0.2) is 23.1 Å². The second-order valence-corrected chi connectivity index (χ2v) is 6.15.